The van der Waals surface area contributed by atoms with Gasteiger partial charge in [0.15, 0.2) is 0 Å². The average Bonchev–Trinajstić information content (AvgIpc) is 3.07. The molecule has 0 unspecified atom stereocenters. The fraction of sp³-hybridized carbons (Fsp3) is 0.297. The Morgan fingerprint density at radius 3 is 2.09 bits per heavy atom. The van der Waals surface area contributed by atoms with Crippen molar-refractivity contribution in [2.24, 2.45) is 0 Å². The van der Waals surface area contributed by atoms with E-state index in [2.05, 4.69) is 5.32 Å². The Hall–Kier alpha value is -4.34. The van der Waals surface area contributed by atoms with Crippen LogP contribution in [0.3, 0.4) is 0 Å². The van der Waals surface area contributed by atoms with Gasteiger partial charge in [0.2, 0.25) is 11.8 Å². The topological polar surface area (TPSA) is 96.0 Å². The molecule has 0 saturated heterocycles. The third-order valence-electron chi connectivity index (χ3n) is 7.86. The molecule has 8 nitrogen and oxygen atoms in total. The largest absolute Gasteiger partial charge is 0.494 e. The van der Waals surface area contributed by atoms with Crippen molar-refractivity contribution in [2.75, 3.05) is 17.5 Å². The van der Waals surface area contributed by atoms with Crippen LogP contribution in [-0.2, 0) is 32.6 Å². The molecule has 4 rings (SSSR count). The van der Waals surface area contributed by atoms with Gasteiger partial charge in [-0.1, -0.05) is 78.7 Å². The summed E-state index contributed by atoms with van der Waals surface area (Å²) in [6.45, 7) is 7.58. The van der Waals surface area contributed by atoms with Gasteiger partial charge in [0.1, 0.15) is 18.3 Å². The maximum atomic E-state index is 14.6. The van der Waals surface area contributed by atoms with Gasteiger partial charge in [-0.15, -0.1) is 0 Å². The van der Waals surface area contributed by atoms with Crippen molar-refractivity contribution in [1.82, 2.24) is 10.2 Å². The molecule has 0 aliphatic rings. The van der Waals surface area contributed by atoms with Gasteiger partial charge < -0.3 is 15.0 Å². The van der Waals surface area contributed by atoms with Crippen LogP contribution in [0.4, 0.5) is 5.69 Å². The maximum absolute atomic E-state index is 14.6. The molecule has 1 N–H and O–H groups in total. The fourth-order valence-electron chi connectivity index (χ4n) is 5.02. The third-order valence-corrected chi connectivity index (χ3v) is 9.90. The summed E-state index contributed by atoms with van der Waals surface area (Å²) in [4.78, 5) is 30.0. The predicted octanol–water partition coefficient (Wildman–Crippen LogP) is 6.80. The maximum Gasteiger partial charge on any atom is 0.264 e. The van der Waals surface area contributed by atoms with E-state index in [0.717, 1.165) is 21.0 Å². The highest BCUT2D eigenvalue weighted by atomic mass is 35.5. The molecule has 0 aromatic heterocycles. The summed E-state index contributed by atoms with van der Waals surface area (Å²) in [5, 5.41) is 3.58. The summed E-state index contributed by atoms with van der Waals surface area (Å²) in [5.74, 6) is -0.284. The zero-order valence-corrected chi connectivity index (χ0v) is 28.8. The molecule has 4 aromatic rings. The van der Waals surface area contributed by atoms with Gasteiger partial charge in [0.05, 0.1) is 17.2 Å². The quantitative estimate of drug-likeness (QED) is 0.150. The smallest absolute Gasteiger partial charge is 0.264 e. The second-order valence-corrected chi connectivity index (χ2v) is 13.7. The lowest BCUT2D eigenvalue weighted by Gasteiger charge is -2.34. The Balaban J connectivity index is 1.80. The van der Waals surface area contributed by atoms with Crippen molar-refractivity contribution in [3.05, 3.63) is 125 Å². The van der Waals surface area contributed by atoms with Crippen molar-refractivity contribution < 1.29 is 22.7 Å². The minimum Gasteiger partial charge on any atom is -0.494 e. The van der Waals surface area contributed by atoms with Gasteiger partial charge in [-0.25, -0.2) is 8.42 Å². The molecular weight excluding hydrogens is 634 g/mol. The van der Waals surface area contributed by atoms with E-state index in [9.17, 15) is 18.0 Å². The molecule has 0 spiro atoms. The summed E-state index contributed by atoms with van der Waals surface area (Å²) in [6.07, 6.45) is 0.936. The summed E-state index contributed by atoms with van der Waals surface area (Å²) in [7, 11) is -4.20. The fourth-order valence-corrected chi connectivity index (χ4v) is 6.56. The molecule has 0 fully saturated rings. The number of nitrogens with zero attached hydrogens (tertiary/aromatic N) is 2. The molecular formula is C37H42ClN3O5S. The first-order valence-electron chi connectivity index (χ1n) is 15.7. The summed E-state index contributed by atoms with van der Waals surface area (Å²) in [6, 6.07) is 28.5. The number of ether oxygens (including phenoxy) is 1. The van der Waals surface area contributed by atoms with Crippen LogP contribution in [-0.4, -0.2) is 50.4 Å². The van der Waals surface area contributed by atoms with Crippen LogP contribution in [0.1, 0.15) is 43.9 Å². The number of carbonyl (C=O) groups is 2. The predicted molar refractivity (Wildman–Crippen MR) is 187 cm³/mol. The van der Waals surface area contributed by atoms with Crippen LogP contribution in [0.2, 0.25) is 5.02 Å². The first-order chi connectivity index (χ1) is 22.5. The normalized spacial score (nSPS) is 12.5. The van der Waals surface area contributed by atoms with Crippen LogP contribution in [0, 0.1) is 6.92 Å². The van der Waals surface area contributed by atoms with E-state index in [1.54, 1.807) is 60.7 Å². The Morgan fingerprint density at radius 1 is 0.851 bits per heavy atom. The lowest BCUT2D eigenvalue weighted by atomic mass is 10.0. The molecule has 0 bridgehead atoms. The molecule has 2 atom stereocenters. The zero-order chi connectivity index (χ0) is 34.0. The highest BCUT2D eigenvalue weighted by molar-refractivity contribution is 7.92. The minimum absolute atomic E-state index is 0.0457. The second-order valence-electron chi connectivity index (χ2n) is 11.4. The first-order valence-corrected chi connectivity index (χ1v) is 17.5. The molecule has 10 heteroatoms. The lowest BCUT2D eigenvalue weighted by molar-refractivity contribution is -0.140. The molecule has 0 saturated carbocycles. The summed E-state index contributed by atoms with van der Waals surface area (Å²) < 4.78 is 35.1. The van der Waals surface area contributed by atoms with E-state index in [0.29, 0.717) is 23.8 Å². The van der Waals surface area contributed by atoms with E-state index < -0.39 is 28.5 Å². The molecule has 0 aliphatic heterocycles. The number of hydrogen-bond acceptors (Lipinski definition) is 5. The monoisotopic (exact) mass is 675 g/mol. The number of benzene rings is 4. The molecule has 4 aromatic carbocycles. The van der Waals surface area contributed by atoms with Crippen LogP contribution in [0.5, 0.6) is 5.75 Å². The number of rotatable bonds is 15. The Morgan fingerprint density at radius 2 is 1.49 bits per heavy atom. The van der Waals surface area contributed by atoms with Gasteiger partial charge in [0.25, 0.3) is 10.0 Å². The minimum atomic E-state index is -4.20. The van der Waals surface area contributed by atoms with Gasteiger partial charge >= 0.3 is 0 Å². The highest BCUT2D eigenvalue weighted by Gasteiger charge is 2.35. The number of halogens is 1. The molecule has 47 heavy (non-hydrogen) atoms. The van der Waals surface area contributed by atoms with Crippen molar-refractivity contribution in [3.8, 4) is 5.75 Å². The first kappa shape index (κ1) is 35.5. The molecule has 248 valence electrons. The standard InChI is InChI=1S/C37H42ClN3O5S/c1-5-28(4)39-37(43)35(24-29-10-8-7-9-11-29)40(25-30-14-16-31(38)17-15-30)36(42)26-41(32-18-20-33(21-19-32)46-6-2)47(44,45)34-22-12-27(3)13-23-34/h7-23,28,35H,5-6,24-26H2,1-4H3,(H,39,43)/t28-,35+/m0/s1. The van der Waals surface area contributed by atoms with Crippen molar-refractivity contribution in [3.63, 3.8) is 0 Å². The van der Waals surface area contributed by atoms with Crippen LogP contribution in [0.15, 0.2) is 108 Å². The van der Waals surface area contributed by atoms with E-state index in [1.165, 1.54) is 17.0 Å². The van der Waals surface area contributed by atoms with Gasteiger partial charge in [-0.2, -0.15) is 0 Å². The van der Waals surface area contributed by atoms with E-state index in [1.807, 2.05) is 58.0 Å². The van der Waals surface area contributed by atoms with Crippen LogP contribution in [0.25, 0.3) is 0 Å². The highest BCUT2D eigenvalue weighted by Crippen LogP contribution is 2.27. The van der Waals surface area contributed by atoms with E-state index >= 15 is 0 Å². The van der Waals surface area contributed by atoms with Gasteiger partial charge in [0, 0.05) is 24.0 Å². The average molecular weight is 676 g/mol. The molecule has 2 amide bonds. The third kappa shape index (κ3) is 9.59. The number of hydrogen-bond donors (Lipinski definition) is 1. The van der Waals surface area contributed by atoms with Crippen LogP contribution < -0.4 is 14.4 Å². The number of sulfonamides is 1. The van der Waals surface area contributed by atoms with Gasteiger partial charge in [-0.3, -0.25) is 13.9 Å². The van der Waals surface area contributed by atoms with Crippen LogP contribution >= 0.6 is 11.6 Å². The summed E-state index contributed by atoms with van der Waals surface area (Å²) in [5.41, 5.74) is 2.79. The van der Waals surface area contributed by atoms with E-state index in [-0.39, 0.29) is 35.5 Å². The molecule has 0 radical (unpaired) electrons. The summed E-state index contributed by atoms with van der Waals surface area (Å²) >= 11 is 6.16. The number of carbonyl (C=O) groups excluding carboxylic acids is 2. The van der Waals surface area contributed by atoms with Gasteiger partial charge in [-0.05, 0) is 86.8 Å². The van der Waals surface area contributed by atoms with Crippen molar-refractivity contribution >= 4 is 39.1 Å². The SMILES string of the molecule is CCOc1ccc(N(CC(=O)N(Cc2ccc(Cl)cc2)[C@H](Cc2ccccc2)C(=O)N[C@@H](C)CC)S(=O)(=O)c2ccc(C)cc2)cc1. The van der Waals surface area contributed by atoms with Crippen molar-refractivity contribution in [1.29, 1.82) is 0 Å². The number of amides is 2. The number of aryl methyl sites for hydroxylation is 1. The number of anilines is 1. The lowest BCUT2D eigenvalue weighted by Crippen LogP contribution is -2.54. The van der Waals surface area contributed by atoms with E-state index in [4.69, 9.17) is 16.3 Å². The Labute approximate surface area is 283 Å². The Bertz CT molecular complexity index is 1720. The molecule has 0 heterocycles. The number of nitrogens with one attached hydrogen (secondary N) is 1. The molecule has 0 aliphatic carbocycles. The Kier molecular flexibility index (Phi) is 12.4. The van der Waals surface area contributed by atoms with Crippen molar-refractivity contribution in [2.45, 2.75) is 64.1 Å². The zero-order valence-electron chi connectivity index (χ0n) is 27.2. The second kappa shape index (κ2) is 16.5.